The first-order chi connectivity index (χ1) is 8.39. The molecule has 4 nitrogen and oxygen atoms in total. The number of rotatable bonds is 6. The fraction of sp³-hybridized carbons (Fsp3) is 0.923. The number of hydrogen-bond acceptors (Lipinski definition) is 3. The molecule has 1 heterocycles. The van der Waals surface area contributed by atoms with E-state index in [4.69, 9.17) is 0 Å². The standard InChI is InChI=1S/C13H26N2O2S/c1-10(16)7-13(2,3)9-15-12(17)14-8-11-5-4-6-18-11/h10-11,16H,4-9H2,1-3H3,(H2,14,15,17). The zero-order valence-corrected chi connectivity index (χ0v) is 12.5. The smallest absolute Gasteiger partial charge is 0.314 e. The first-order valence-electron chi connectivity index (χ1n) is 6.70. The second kappa shape index (κ2) is 7.24. The van der Waals surface area contributed by atoms with Crippen molar-refractivity contribution in [3.05, 3.63) is 0 Å². The van der Waals surface area contributed by atoms with Crippen LogP contribution in [0.3, 0.4) is 0 Å². The normalized spacial score (nSPS) is 21.7. The lowest BCUT2D eigenvalue weighted by molar-refractivity contribution is 0.129. The Morgan fingerprint density at radius 2 is 2.22 bits per heavy atom. The molecule has 5 heteroatoms. The lowest BCUT2D eigenvalue weighted by Gasteiger charge is -2.26. The van der Waals surface area contributed by atoms with Crippen LogP contribution < -0.4 is 10.6 Å². The molecule has 0 saturated carbocycles. The van der Waals surface area contributed by atoms with Crippen LogP contribution >= 0.6 is 11.8 Å². The van der Waals surface area contributed by atoms with Gasteiger partial charge in [-0.05, 0) is 37.4 Å². The van der Waals surface area contributed by atoms with Crippen molar-refractivity contribution in [1.29, 1.82) is 0 Å². The van der Waals surface area contributed by atoms with Crippen molar-refractivity contribution in [3.63, 3.8) is 0 Å². The third-order valence-electron chi connectivity index (χ3n) is 3.09. The van der Waals surface area contributed by atoms with Crippen LogP contribution in [0.2, 0.25) is 0 Å². The Morgan fingerprint density at radius 3 is 2.78 bits per heavy atom. The summed E-state index contributed by atoms with van der Waals surface area (Å²) < 4.78 is 0. The van der Waals surface area contributed by atoms with Gasteiger partial charge in [0.05, 0.1) is 6.10 Å². The molecule has 1 aliphatic rings. The van der Waals surface area contributed by atoms with Gasteiger partial charge in [0.25, 0.3) is 0 Å². The van der Waals surface area contributed by atoms with Crippen molar-refractivity contribution in [2.45, 2.75) is 51.4 Å². The van der Waals surface area contributed by atoms with E-state index >= 15 is 0 Å². The summed E-state index contributed by atoms with van der Waals surface area (Å²) in [5.41, 5.74) is -0.0758. The maximum Gasteiger partial charge on any atom is 0.314 e. The van der Waals surface area contributed by atoms with E-state index in [0.29, 0.717) is 18.2 Å². The zero-order valence-electron chi connectivity index (χ0n) is 11.7. The molecule has 0 aromatic carbocycles. The van der Waals surface area contributed by atoms with Crippen LogP contribution in [-0.4, -0.2) is 41.3 Å². The van der Waals surface area contributed by atoms with Crippen LogP contribution in [0.1, 0.15) is 40.0 Å². The average molecular weight is 274 g/mol. The number of nitrogens with one attached hydrogen (secondary N) is 2. The third-order valence-corrected chi connectivity index (χ3v) is 4.49. The number of aliphatic hydroxyl groups excluding tert-OH is 1. The average Bonchev–Trinajstić information content (AvgIpc) is 2.74. The molecule has 0 aromatic rings. The molecule has 1 saturated heterocycles. The van der Waals surface area contributed by atoms with Crippen LogP contribution in [0.4, 0.5) is 4.79 Å². The number of thioether (sulfide) groups is 1. The van der Waals surface area contributed by atoms with Crippen LogP contribution in [0.25, 0.3) is 0 Å². The minimum atomic E-state index is -0.334. The molecule has 1 fully saturated rings. The molecule has 1 aliphatic heterocycles. The topological polar surface area (TPSA) is 61.4 Å². The van der Waals surface area contributed by atoms with Crippen molar-refractivity contribution >= 4 is 17.8 Å². The van der Waals surface area contributed by atoms with Gasteiger partial charge in [-0.3, -0.25) is 0 Å². The van der Waals surface area contributed by atoms with Gasteiger partial charge in [-0.25, -0.2) is 4.79 Å². The van der Waals surface area contributed by atoms with Gasteiger partial charge < -0.3 is 15.7 Å². The lowest BCUT2D eigenvalue weighted by Crippen LogP contribution is -2.43. The quantitative estimate of drug-likeness (QED) is 0.694. The largest absolute Gasteiger partial charge is 0.393 e. The van der Waals surface area contributed by atoms with E-state index in [1.54, 1.807) is 6.92 Å². The van der Waals surface area contributed by atoms with Crippen molar-refractivity contribution in [3.8, 4) is 0 Å². The van der Waals surface area contributed by atoms with Gasteiger partial charge in [0, 0.05) is 18.3 Å². The Morgan fingerprint density at radius 1 is 1.50 bits per heavy atom. The Labute approximate surface area is 114 Å². The van der Waals surface area contributed by atoms with Crippen molar-refractivity contribution in [1.82, 2.24) is 10.6 Å². The molecule has 0 radical (unpaired) electrons. The van der Waals surface area contributed by atoms with Crippen LogP contribution in [0.15, 0.2) is 0 Å². The summed E-state index contributed by atoms with van der Waals surface area (Å²) in [6.07, 6.45) is 2.82. The van der Waals surface area contributed by atoms with Gasteiger partial charge >= 0.3 is 6.03 Å². The molecular weight excluding hydrogens is 248 g/mol. The zero-order chi connectivity index (χ0) is 13.6. The molecule has 106 valence electrons. The minimum absolute atomic E-state index is 0.0758. The summed E-state index contributed by atoms with van der Waals surface area (Å²) in [4.78, 5) is 11.6. The van der Waals surface area contributed by atoms with Gasteiger partial charge in [-0.15, -0.1) is 0 Å². The van der Waals surface area contributed by atoms with Crippen LogP contribution in [-0.2, 0) is 0 Å². The van der Waals surface area contributed by atoms with E-state index in [1.165, 1.54) is 18.6 Å². The van der Waals surface area contributed by atoms with E-state index in [1.807, 2.05) is 25.6 Å². The van der Waals surface area contributed by atoms with E-state index in [-0.39, 0.29) is 17.6 Å². The Hall–Kier alpha value is -0.420. The number of amides is 2. The monoisotopic (exact) mass is 274 g/mol. The Bertz CT molecular complexity index is 264. The maximum atomic E-state index is 11.6. The second-order valence-corrected chi connectivity index (χ2v) is 7.32. The van der Waals surface area contributed by atoms with E-state index in [0.717, 1.165) is 6.54 Å². The van der Waals surface area contributed by atoms with Crippen molar-refractivity contribution in [2.75, 3.05) is 18.8 Å². The molecule has 2 amide bonds. The minimum Gasteiger partial charge on any atom is -0.393 e. The van der Waals surface area contributed by atoms with Gasteiger partial charge in [0.1, 0.15) is 0 Å². The Kier molecular flexibility index (Phi) is 6.29. The SMILES string of the molecule is CC(O)CC(C)(C)CNC(=O)NCC1CCCS1. The highest BCUT2D eigenvalue weighted by atomic mass is 32.2. The predicted octanol–water partition coefficient (Wildman–Crippen LogP) is 1.98. The summed E-state index contributed by atoms with van der Waals surface area (Å²) in [5, 5.41) is 15.8. The molecule has 2 unspecified atom stereocenters. The molecule has 0 aromatic heterocycles. The number of carbonyl (C=O) groups is 1. The third kappa shape index (κ3) is 6.50. The van der Waals surface area contributed by atoms with Gasteiger partial charge in [-0.1, -0.05) is 13.8 Å². The molecule has 1 rings (SSSR count). The van der Waals surface area contributed by atoms with Gasteiger partial charge in [0.15, 0.2) is 0 Å². The predicted molar refractivity (Wildman–Crippen MR) is 77.0 cm³/mol. The number of urea groups is 1. The molecular formula is C13H26N2O2S. The highest BCUT2D eigenvalue weighted by Gasteiger charge is 2.21. The summed E-state index contributed by atoms with van der Waals surface area (Å²) in [7, 11) is 0. The van der Waals surface area contributed by atoms with Crippen LogP contribution in [0.5, 0.6) is 0 Å². The highest BCUT2D eigenvalue weighted by Crippen LogP contribution is 2.25. The fourth-order valence-corrected chi connectivity index (χ4v) is 3.47. The van der Waals surface area contributed by atoms with Gasteiger partial charge in [-0.2, -0.15) is 11.8 Å². The first-order valence-corrected chi connectivity index (χ1v) is 7.75. The summed E-state index contributed by atoms with van der Waals surface area (Å²) in [5.74, 6) is 1.22. The molecule has 2 atom stereocenters. The van der Waals surface area contributed by atoms with Gasteiger partial charge in [0.2, 0.25) is 0 Å². The molecule has 0 bridgehead atoms. The fourth-order valence-electron chi connectivity index (χ4n) is 2.27. The molecule has 0 spiro atoms. The van der Waals surface area contributed by atoms with Crippen LogP contribution in [0, 0.1) is 5.41 Å². The van der Waals surface area contributed by atoms with E-state index in [2.05, 4.69) is 10.6 Å². The number of hydrogen-bond donors (Lipinski definition) is 3. The molecule has 0 aliphatic carbocycles. The molecule has 18 heavy (non-hydrogen) atoms. The highest BCUT2D eigenvalue weighted by molar-refractivity contribution is 8.00. The first kappa shape index (κ1) is 15.6. The number of aliphatic hydroxyl groups is 1. The number of carbonyl (C=O) groups excluding carboxylic acids is 1. The Balaban J connectivity index is 2.15. The van der Waals surface area contributed by atoms with E-state index < -0.39 is 0 Å². The second-order valence-electron chi connectivity index (χ2n) is 5.92. The maximum absolute atomic E-state index is 11.6. The van der Waals surface area contributed by atoms with E-state index in [9.17, 15) is 9.90 Å². The summed E-state index contributed by atoms with van der Waals surface area (Å²) in [6, 6.07) is -0.0961. The molecule has 3 N–H and O–H groups in total. The van der Waals surface area contributed by atoms with Crippen molar-refractivity contribution in [2.24, 2.45) is 5.41 Å². The van der Waals surface area contributed by atoms with Crippen molar-refractivity contribution < 1.29 is 9.90 Å². The summed E-state index contributed by atoms with van der Waals surface area (Å²) in [6.45, 7) is 7.22. The summed E-state index contributed by atoms with van der Waals surface area (Å²) >= 11 is 1.94. The lowest BCUT2D eigenvalue weighted by atomic mass is 9.87.